The molecule has 2 unspecified atom stereocenters. The third-order valence-electron chi connectivity index (χ3n) is 10.8. The molecule has 0 spiro atoms. The molecular weight excluding hydrogens is 939 g/mol. The number of rotatable bonds is 8. The average Bonchev–Trinajstić information content (AvgIpc) is 4.04. The molecule has 4 aromatic carbocycles. The van der Waals surface area contributed by atoms with Gasteiger partial charge in [-0.05, 0) is 95.8 Å². The smallest absolute Gasteiger partial charge is 0.744 e. The molecule has 4 heterocycles. The minimum atomic E-state index is -4.82. The number of aromatic nitrogens is 2. The summed E-state index contributed by atoms with van der Waals surface area (Å²) in [5, 5.41) is 18.0. The van der Waals surface area contributed by atoms with Gasteiger partial charge in [0.15, 0.2) is 9.74 Å². The number of azo groups is 1. The first-order chi connectivity index (χ1) is 29.1. The predicted octanol–water partition coefficient (Wildman–Crippen LogP) is 3.83. The van der Waals surface area contributed by atoms with E-state index in [9.17, 15) is 31.1 Å². The summed E-state index contributed by atoms with van der Waals surface area (Å²) in [6.45, 7) is 3.22. The van der Waals surface area contributed by atoms with Gasteiger partial charge >= 0.3 is 59.1 Å². The van der Waals surface area contributed by atoms with Crippen molar-refractivity contribution in [3.63, 3.8) is 0 Å². The van der Waals surface area contributed by atoms with E-state index in [4.69, 9.17) is 9.98 Å². The number of hydrogen-bond acceptors (Lipinski definition) is 16. The number of nitrogens with zero attached hydrogens (tertiary/aromatic N) is 6. The van der Waals surface area contributed by atoms with Crippen molar-refractivity contribution in [1.82, 2.24) is 9.97 Å². The van der Waals surface area contributed by atoms with Gasteiger partial charge in [-0.25, -0.2) is 26.8 Å². The molecule has 0 fully saturated rings. The van der Waals surface area contributed by atoms with E-state index in [1.165, 1.54) is 46.2 Å². The van der Waals surface area contributed by atoms with E-state index in [0.29, 0.717) is 66.9 Å². The van der Waals surface area contributed by atoms with Gasteiger partial charge in [0.1, 0.15) is 25.9 Å². The van der Waals surface area contributed by atoms with Crippen molar-refractivity contribution in [2.45, 2.75) is 36.4 Å². The first kappa shape index (κ1) is 46.4. The van der Waals surface area contributed by atoms with E-state index in [2.05, 4.69) is 15.1 Å². The van der Waals surface area contributed by atoms with Gasteiger partial charge in [-0.3, -0.25) is 9.98 Å². The summed E-state index contributed by atoms with van der Waals surface area (Å²) in [5.41, 5.74) is 10.3. The summed E-state index contributed by atoms with van der Waals surface area (Å²) in [6, 6.07) is 25.1. The summed E-state index contributed by atoms with van der Waals surface area (Å²) in [4.78, 5) is 17.3. The Morgan fingerprint density at radius 1 is 0.619 bits per heavy atom. The largest absolute Gasteiger partial charge is 1.00 e. The molecule has 2 aromatic heterocycles. The van der Waals surface area contributed by atoms with Crippen molar-refractivity contribution in [2.75, 3.05) is 0 Å². The van der Waals surface area contributed by atoms with Crippen LogP contribution in [-0.4, -0.2) is 52.2 Å². The molecule has 0 saturated heterocycles. The molecule has 13 nitrogen and oxygen atoms in total. The van der Waals surface area contributed by atoms with Crippen molar-refractivity contribution < 1.29 is 89.9 Å². The molecule has 2 aliphatic carbocycles. The second-order valence-corrected chi connectivity index (χ2v) is 21.4. The van der Waals surface area contributed by atoms with Gasteiger partial charge in [-0.15, -0.1) is 22.7 Å². The Hall–Kier alpha value is -3.12. The Morgan fingerprint density at radius 2 is 1.03 bits per heavy atom. The zero-order valence-electron chi connectivity index (χ0n) is 33.8. The molecule has 4 aliphatic rings. The molecule has 21 heteroatoms. The Kier molecular flexibility index (Phi) is 12.7. The molecule has 0 saturated carbocycles. The van der Waals surface area contributed by atoms with Crippen LogP contribution >= 0.6 is 46.2 Å². The minimum Gasteiger partial charge on any atom is -0.744 e. The van der Waals surface area contributed by atoms with Crippen LogP contribution in [0.3, 0.4) is 0 Å². The second-order valence-electron chi connectivity index (χ2n) is 14.6. The summed E-state index contributed by atoms with van der Waals surface area (Å²) in [7, 11) is -9.63. The van der Waals surface area contributed by atoms with Gasteiger partial charge in [0, 0.05) is 39.9 Å². The number of benzene rings is 4. The van der Waals surface area contributed by atoms with Crippen molar-refractivity contribution >= 4 is 110 Å². The van der Waals surface area contributed by atoms with Crippen molar-refractivity contribution in [3.8, 4) is 0 Å². The third kappa shape index (κ3) is 8.15. The van der Waals surface area contributed by atoms with Crippen LogP contribution in [-0.2, 0) is 30.0 Å². The molecule has 306 valence electrons. The van der Waals surface area contributed by atoms with Gasteiger partial charge in [-0.2, -0.15) is 0 Å². The van der Waals surface area contributed by atoms with Gasteiger partial charge in [-0.1, -0.05) is 64.8 Å². The maximum Gasteiger partial charge on any atom is 1.00 e. The Labute approximate surface area is 422 Å². The molecule has 63 heavy (non-hydrogen) atoms. The Morgan fingerprint density at radius 3 is 1.46 bits per heavy atom. The molecule has 0 radical (unpaired) electrons. The summed E-state index contributed by atoms with van der Waals surface area (Å²) >= 11 is 5.33. The maximum atomic E-state index is 13.6. The molecular formula is C42H28N6Na2O7S6. The zero-order valence-corrected chi connectivity index (χ0v) is 42.7. The molecule has 10 rings (SSSR count). The normalized spacial score (nSPS) is 21.3. The zero-order chi connectivity index (χ0) is 42.5. The number of thioether (sulfide) groups is 2. The van der Waals surface area contributed by atoms with Crippen LogP contribution in [0.2, 0.25) is 0 Å². The monoisotopic (exact) mass is 966 g/mol. The van der Waals surface area contributed by atoms with E-state index in [0.717, 1.165) is 31.6 Å². The van der Waals surface area contributed by atoms with Gasteiger partial charge in [0.2, 0.25) is 5.69 Å². The van der Waals surface area contributed by atoms with Crippen LogP contribution in [0, 0.1) is 5.21 Å². The van der Waals surface area contributed by atoms with Crippen LogP contribution in [0.1, 0.15) is 48.9 Å². The molecule has 0 amide bonds. The molecule has 6 aromatic rings. The van der Waals surface area contributed by atoms with Crippen LogP contribution in [0.4, 0.5) is 11.4 Å². The second kappa shape index (κ2) is 17.3. The van der Waals surface area contributed by atoms with E-state index in [1.54, 1.807) is 85.6 Å². The predicted molar refractivity (Wildman–Crippen MR) is 239 cm³/mol. The summed E-state index contributed by atoms with van der Waals surface area (Å²) in [5.74, 6) is 0. The van der Waals surface area contributed by atoms with Crippen LogP contribution < -0.4 is 59.1 Å². The van der Waals surface area contributed by atoms with E-state index in [1.807, 2.05) is 36.4 Å². The fourth-order valence-electron chi connectivity index (χ4n) is 7.93. The molecule has 0 bridgehead atoms. The minimum absolute atomic E-state index is 0. The number of allylic oxidation sites excluding steroid dienone is 6. The van der Waals surface area contributed by atoms with Crippen molar-refractivity contribution in [2.24, 2.45) is 15.1 Å². The van der Waals surface area contributed by atoms with Gasteiger partial charge in [0.25, 0.3) is 0 Å². The van der Waals surface area contributed by atoms with E-state index >= 15 is 0 Å². The number of hydrogen-bond donors (Lipinski definition) is 0. The topological polar surface area (TPSA) is 203 Å². The summed E-state index contributed by atoms with van der Waals surface area (Å²) < 4.78 is 76.9. The Balaban J connectivity index is 0.00000272. The van der Waals surface area contributed by atoms with Crippen molar-refractivity contribution in [3.05, 3.63) is 166 Å². The average molecular weight is 967 g/mol. The van der Waals surface area contributed by atoms with Crippen LogP contribution in [0.15, 0.2) is 154 Å². The van der Waals surface area contributed by atoms with E-state index in [-0.39, 0.29) is 74.6 Å². The fourth-order valence-corrected chi connectivity index (χ4v) is 14.8. The van der Waals surface area contributed by atoms with Gasteiger partial charge < -0.3 is 14.3 Å². The number of thiazole rings is 2. The quantitative estimate of drug-likeness (QED) is 0.0706. The standard InChI is InChI=1S/C42H30N6O7S6.2Na/c1-23-3-15-33-37(39(23)60(50,51)52)58-41(45-33,27-9-17-31-35(19-27)56-21-43-31)25-5-11-29(12-6-25)47-48(49)30-13-7-26(8-14-30)42(28-10-18-32-36(20-28)57-22-44-32)46-34-16-4-24(2)40(38(34)59-42)61(53,54)55;;/h3-14,17-22H,15-16H2,1-2H3,(H,50,51,52)(H,53,54,55);;/q;2*+1/p-2. The Bertz CT molecular complexity index is 3360. The fraction of sp³-hybridized carbons (Fsp3) is 0.143. The van der Waals surface area contributed by atoms with Crippen LogP contribution in [0.5, 0.6) is 0 Å². The maximum absolute atomic E-state index is 13.6. The molecule has 2 aliphatic heterocycles. The first-order valence-electron chi connectivity index (χ1n) is 18.5. The van der Waals surface area contributed by atoms with E-state index < -0.39 is 30.0 Å². The van der Waals surface area contributed by atoms with Crippen LogP contribution in [0.25, 0.3) is 20.4 Å². The number of aliphatic imine (C=N–C) groups is 2. The van der Waals surface area contributed by atoms with Gasteiger partial charge in [0.05, 0.1) is 52.7 Å². The SMILES string of the molecule is CC1=CCC2=NC(c3ccc(N=[N+]([O-])c4ccc(C5(c6ccc7ncsc7c6)N=C6CC=C(C)C(S(=O)(=O)[O-])=C6S5)cc4)cc3)(c3ccc4ncsc4c3)SC2=C1S(=O)(=O)[O-].[Na+].[Na+]. The third-order valence-corrected chi connectivity index (χ3v) is 17.7. The van der Waals surface area contributed by atoms with Crippen molar-refractivity contribution in [1.29, 1.82) is 0 Å². The first-order valence-corrected chi connectivity index (χ1v) is 24.7. The summed E-state index contributed by atoms with van der Waals surface area (Å²) in [6.07, 6.45) is 4.12. The number of fused-ring (bicyclic) bond motifs is 4. The molecule has 2 atom stereocenters. The molecule has 0 N–H and O–H groups in total.